The number of carbonyl (C=O) groups is 14. The van der Waals surface area contributed by atoms with Crippen LogP contribution in [0.25, 0.3) is 0 Å². The van der Waals surface area contributed by atoms with Crippen LogP contribution in [-0.4, -0.2) is 266 Å². The molecule has 1 aromatic rings. The third-order valence-corrected chi connectivity index (χ3v) is 16.7. The van der Waals surface area contributed by atoms with Gasteiger partial charge in [-0.2, -0.15) is 0 Å². The highest BCUT2D eigenvalue weighted by molar-refractivity contribution is 6.21. The number of epoxide rings is 1. The SMILES string of the molecule is CC(=O)OCC[C@H]1O[C@@H](O[C@@H]2[C@@H](OC(C)=O)[C@H](NC(=O)[C@H](CCNC(=O)OC(C)(C)C)OC(C)=O)C[C@H](NC(=O)OC(C)(C)C)[C@H]2O[C@H]2O[C@H](CN3C(=O)c4ccccc4C3=O)[C@@H]3O[C@@H]3[C@H]2NC(=O)OC(C)(C)C)[C@H](OC(C)=O)[C@@H]1O[C@H]1O[C@@H](CNC(=O)OC(C)(C)C)[C@@H](OC(C)=O)[C@H](OC(C)=O)[C@H]1NC(=O)OC(C)(C)C. The number of alkyl carbamates (subject to hydrolysis) is 5. The maximum atomic E-state index is 15.0. The van der Waals surface area contributed by atoms with Crippen LogP contribution in [0.1, 0.15) is 185 Å². The smallest absolute Gasteiger partial charge is 0.408 e. The van der Waals surface area contributed by atoms with Crippen LogP contribution in [0.15, 0.2) is 24.3 Å². The molecular weight excluding hydrogens is 1490 g/mol. The summed E-state index contributed by atoms with van der Waals surface area (Å²) in [4.78, 5) is 193. The predicted molar refractivity (Wildman–Crippen MR) is 379 cm³/mol. The molecule has 1 aromatic carbocycles. The van der Waals surface area contributed by atoms with Crippen molar-refractivity contribution < 1.29 is 152 Å². The molecule has 5 heterocycles. The van der Waals surface area contributed by atoms with Gasteiger partial charge >= 0.3 is 66.3 Å². The van der Waals surface area contributed by atoms with E-state index in [0.717, 1.165) is 46.4 Å². The zero-order chi connectivity index (χ0) is 83.6. The summed E-state index contributed by atoms with van der Waals surface area (Å²) in [6, 6.07) is -0.524. The number of benzene rings is 1. The van der Waals surface area contributed by atoms with E-state index in [1.54, 1.807) is 74.4 Å². The Morgan fingerprint density at radius 1 is 0.438 bits per heavy atom. The molecule has 0 bridgehead atoms. The lowest BCUT2D eigenvalue weighted by molar-refractivity contribution is -0.294. The molecule has 0 radical (unpaired) electrons. The van der Waals surface area contributed by atoms with E-state index >= 15 is 4.79 Å². The van der Waals surface area contributed by atoms with Crippen LogP contribution in [0.3, 0.4) is 0 Å². The highest BCUT2D eigenvalue weighted by atomic mass is 16.8. The summed E-state index contributed by atoms with van der Waals surface area (Å²) in [5.41, 5.74) is -5.45. The molecule has 5 fully saturated rings. The molecule has 0 unspecified atom stereocenters. The van der Waals surface area contributed by atoms with Gasteiger partial charge < -0.3 is 117 Å². The Morgan fingerprint density at radius 3 is 1.39 bits per heavy atom. The number of carbonyl (C=O) groups excluding carboxylic acids is 14. The minimum absolute atomic E-state index is 0.0868. The number of amides is 8. The second-order valence-corrected chi connectivity index (χ2v) is 32.3. The van der Waals surface area contributed by atoms with E-state index in [1.165, 1.54) is 53.7 Å². The van der Waals surface area contributed by atoms with Gasteiger partial charge in [-0.25, -0.2) is 24.0 Å². The average Bonchev–Trinajstić information content (AvgIpc) is 1.58. The molecule has 5 aliphatic heterocycles. The Hall–Kier alpha value is -9.28. The monoisotopic (exact) mass is 1590 g/mol. The molecule has 1 aliphatic carbocycles. The van der Waals surface area contributed by atoms with Crippen molar-refractivity contribution in [3.63, 3.8) is 0 Å². The third-order valence-electron chi connectivity index (χ3n) is 16.7. The molecule has 39 nitrogen and oxygen atoms in total. The number of esters is 6. The summed E-state index contributed by atoms with van der Waals surface area (Å²) in [5.74, 6) is -8.41. The number of nitrogens with zero attached hydrogens (tertiary/aromatic N) is 1. The zero-order valence-corrected chi connectivity index (χ0v) is 66.8. The lowest BCUT2D eigenvalue weighted by Crippen LogP contribution is -2.70. The Morgan fingerprint density at radius 2 is 0.875 bits per heavy atom. The first-order valence-corrected chi connectivity index (χ1v) is 36.6. The van der Waals surface area contributed by atoms with Crippen molar-refractivity contribution in [1.82, 2.24) is 36.8 Å². The van der Waals surface area contributed by atoms with Gasteiger partial charge in [-0.15, -0.1) is 0 Å². The standard InChI is InChI=1S/C73H107N7O32/c1-33(81)95-29-27-43-51(106-61-47(78-67(93)111-72(16,17)18)54(99-37(5)85)52(98-36(4)84)45(102-61)31-75-65(91)109-70(10,11)12)57(100-38(6)86)63(101-43)107-56-49(97-35(3)83)41(76-58(87)44(96-34(2)82)26-28-74-64(90)108-69(7,8)9)30-42(77-66(92)110-71(13,14)15)50(56)105-62-48(79-68(94)112-73(19,20)21)55-53(104-55)46(103-62)32-80-59(88)39-24-22-23-25-40(39)60(80)89/h22-25,41-57,61-63H,26-32H2,1-21H3,(H,74,90)(H,75,91)(H,76,87)(H,77,92)(H,78,93)(H,79,94)/t41-,42+,43-,44+,45+,46-,47-,48-,49+,50-,51-,52-,53+,54-,55-,56-,57-,61-,62-,63+/m1/s1. The topological polar surface area (TPSA) is 484 Å². The Bertz CT molecular complexity index is 3580. The largest absolute Gasteiger partial charge is 0.466 e. The molecule has 0 aromatic heterocycles. The first kappa shape index (κ1) is 89.9. The Kier molecular flexibility index (Phi) is 29.8. The van der Waals surface area contributed by atoms with Crippen molar-refractivity contribution in [3.05, 3.63) is 35.4 Å². The number of hydrogen-bond acceptors (Lipinski definition) is 32. The van der Waals surface area contributed by atoms with Crippen LogP contribution < -0.4 is 31.9 Å². The molecular formula is C73H107N7O32. The van der Waals surface area contributed by atoms with E-state index in [9.17, 15) is 62.3 Å². The fourth-order valence-corrected chi connectivity index (χ4v) is 12.8. The first-order valence-electron chi connectivity index (χ1n) is 36.6. The number of hydrogen-bond donors (Lipinski definition) is 6. The summed E-state index contributed by atoms with van der Waals surface area (Å²) in [6.45, 7) is 27.6. The summed E-state index contributed by atoms with van der Waals surface area (Å²) in [5, 5.41) is 15.9. The van der Waals surface area contributed by atoms with Crippen LogP contribution in [0, 0.1) is 0 Å². The van der Waals surface area contributed by atoms with Gasteiger partial charge in [-0.3, -0.25) is 48.1 Å². The average molecular weight is 1590 g/mol. The first-order chi connectivity index (χ1) is 51.8. The number of ether oxygens (including phenoxy) is 18. The molecule has 7 rings (SSSR count). The summed E-state index contributed by atoms with van der Waals surface area (Å²) in [6.07, 6.45) is -34.5. The van der Waals surface area contributed by atoms with Crippen molar-refractivity contribution in [2.75, 3.05) is 26.2 Å². The van der Waals surface area contributed by atoms with E-state index in [2.05, 4.69) is 31.9 Å². The fourth-order valence-electron chi connectivity index (χ4n) is 12.8. The lowest BCUT2D eigenvalue weighted by Gasteiger charge is -2.48. The van der Waals surface area contributed by atoms with Gasteiger partial charge in [0.25, 0.3) is 17.7 Å². The van der Waals surface area contributed by atoms with Gasteiger partial charge in [0, 0.05) is 60.9 Å². The predicted octanol–water partition coefficient (Wildman–Crippen LogP) is 4.00. The van der Waals surface area contributed by atoms with E-state index in [1.807, 2.05) is 0 Å². The highest BCUT2D eigenvalue weighted by Gasteiger charge is 2.64. The van der Waals surface area contributed by atoms with E-state index in [-0.39, 0.29) is 17.7 Å². The van der Waals surface area contributed by atoms with E-state index in [0.29, 0.717) is 0 Å². The van der Waals surface area contributed by atoms with Gasteiger partial charge in [0.2, 0.25) is 0 Å². The van der Waals surface area contributed by atoms with Crippen LogP contribution in [0.4, 0.5) is 24.0 Å². The molecule has 1 saturated carbocycles. The molecule has 0 spiro atoms. The number of fused-ring (bicyclic) bond motifs is 2. The number of imide groups is 1. The minimum atomic E-state index is -2.14. The van der Waals surface area contributed by atoms with Gasteiger partial charge in [-0.1, -0.05) is 12.1 Å². The summed E-state index contributed by atoms with van der Waals surface area (Å²) < 4.78 is 110. The van der Waals surface area contributed by atoms with Gasteiger partial charge in [0.05, 0.1) is 49.0 Å². The second kappa shape index (κ2) is 37.1. The Balaban J connectivity index is 1.45. The van der Waals surface area contributed by atoms with E-state index < -0.39 is 273 Å². The highest BCUT2D eigenvalue weighted by Crippen LogP contribution is 2.43. The lowest BCUT2D eigenvalue weighted by atomic mass is 9.82. The maximum absolute atomic E-state index is 15.0. The van der Waals surface area contributed by atoms with Crippen LogP contribution >= 0.6 is 0 Å². The van der Waals surface area contributed by atoms with Crippen molar-refractivity contribution in [1.29, 1.82) is 0 Å². The normalized spacial score (nSPS) is 28.5. The molecule has 8 amide bonds. The molecule has 39 heteroatoms. The molecule has 6 aliphatic rings. The molecule has 626 valence electrons. The van der Waals surface area contributed by atoms with Gasteiger partial charge in [0.15, 0.2) is 49.4 Å². The quantitative estimate of drug-likeness (QED) is 0.0330. The molecule has 112 heavy (non-hydrogen) atoms. The van der Waals surface area contributed by atoms with Crippen molar-refractivity contribution in [3.8, 4) is 0 Å². The molecule has 4 saturated heterocycles. The van der Waals surface area contributed by atoms with Gasteiger partial charge in [0.1, 0.15) is 82.8 Å². The van der Waals surface area contributed by atoms with Crippen molar-refractivity contribution in [2.24, 2.45) is 0 Å². The summed E-state index contributed by atoms with van der Waals surface area (Å²) in [7, 11) is 0. The zero-order valence-electron chi connectivity index (χ0n) is 66.8. The summed E-state index contributed by atoms with van der Waals surface area (Å²) >= 11 is 0. The van der Waals surface area contributed by atoms with Crippen LogP contribution in [0.5, 0.6) is 0 Å². The minimum Gasteiger partial charge on any atom is -0.466 e. The molecule has 6 N–H and O–H groups in total. The maximum Gasteiger partial charge on any atom is 0.408 e. The van der Waals surface area contributed by atoms with Gasteiger partial charge in [-0.05, 0) is 122 Å². The molecule has 20 atom stereocenters. The van der Waals surface area contributed by atoms with Crippen molar-refractivity contribution >= 4 is 84.0 Å². The number of rotatable bonds is 26. The van der Waals surface area contributed by atoms with Crippen LogP contribution in [0.2, 0.25) is 0 Å². The fraction of sp³-hybridized carbons (Fsp3) is 0.726. The third kappa shape index (κ3) is 26.7. The van der Waals surface area contributed by atoms with Crippen molar-refractivity contribution in [2.45, 2.75) is 315 Å². The Labute approximate surface area is 647 Å². The van der Waals surface area contributed by atoms with E-state index in [4.69, 9.17) is 85.3 Å². The second-order valence-electron chi connectivity index (χ2n) is 32.3. The van der Waals surface area contributed by atoms with Crippen LogP contribution in [-0.2, 0) is 119 Å². The number of nitrogens with one attached hydrogen (secondary N) is 6.